The molecule has 0 amide bonds. The van der Waals surface area contributed by atoms with Crippen LogP contribution in [0.4, 0.5) is 5.82 Å². The van der Waals surface area contributed by atoms with Gasteiger partial charge in [0.1, 0.15) is 24.6 Å². The normalized spacial score (nSPS) is 29.4. The Morgan fingerprint density at radius 3 is 2.69 bits per heavy atom. The Kier molecular flexibility index (Phi) is 5.69. The fourth-order valence-electron chi connectivity index (χ4n) is 3.87. The van der Waals surface area contributed by atoms with Crippen LogP contribution in [0, 0.1) is 0 Å². The van der Waals surface area contributed by atoms with Crippen molar-refractivity contribution in [2.75, 3.05) is 45.9 Å². The molecule has 0 aliphatic carbocycles. The summed E-state index contributed by atoms with van der Waals surface area (Å²) in [5, 5.41) is 20.5. The number of fused-ring (bicyclic) bond motifs is 1. The smallest absolute Gasteiger partial charge is 0.173 e. The van der Waals surface area contributed by atoms with E-state index in [9.17, 15) is 10.2 Å². The number of imidazole rings is 1. The van der Waals surface area contributed by atoms with Crippen molar-refractivity contribution in [2.45, 2.75) is 43.2 Å². The van der Waals surface area contributed by atoms with Gasteiger partial charge in [-0.2, -0.15) is 0 Å². The molecule has 0 aromatic carbocycles. The topological polar surface area (TPSA) is 124 Å². The number of hydrogen-bond acceptors (Lipinski definition) is 10. The minimum atomic E-state index is -1.05. The zero-order chi connectivity index (χ0) is 20.6. The third-order valence-corrected chi connectivity index (χ3v) is 5.51. The predicted octanol–water partition coefficient (Wildman–Crippen LogP) is -0.319. The molecule has 2 aromatic heterocycles. The van der Waals surface area contributed by atoms with Gasteiger partial charge in [0.05, 0.1) is 26.1 Å². The Bertz CT molecular complexity index is 839. The molecular weight excluding hydrogens is 382 g/mol. The van der Waals surface area contributed by atoms with E-state index in [0.717, 1.165) is 0 Å². The molecule has 4 atom stereocenters. The minimum Gasteiger partial charge on any atom is -0.394 e. The third kappa shape index (κ3) is 3.58. The Morgan fingerprint density at radius 2 is 2.03 bits per heavy atom. The maximum absolute atomic E-state index is 10.8. The van der Waals surface area contributed by atoms with E-state index < -0.39 is 30.3 Å². The molecule has 0 saturated carbocycles. The number of rotatable bonds is 6. The molecule has 0 spiro atoms. The maximum Gasteiger partial charge on any atom is 0.173 e. The second kappa shape index (κ2) is 8.09. The highest BCUT2D eigenvalue weighted by Crippen LogP contribution is 2.39. The van der Waals surface area contributed by atoms with Gasteiger partial charge in [0, 0.05) is 34.0 Å². The lowest BCUT2D eigenvalue weighted by Crippen LogP contribution is -2.48. The molecule has 4 heterocycles. The lowest BCUT2D eigenvalue weighted by molar-refractivity contribution is -0.292. The van der Waals surface area contributed by atoms with Gasteiger partial charge in [0.2, 0.25) is 0 Å². The van der Waals surface area contributed by atoms with E-state index in [1.807, 2.05) is 19.0 Å². The minimum absolute atomic E-state index is 0.342. The first kappa shape index (κ1) is 20.4. The first-order chi connectivity index (χ1) is 14.0. The SMILES string of the molecule is COC1(OC2C(O)C(CO)OC2n2cnc3c(N(C)C)ncnc32)CCOCC1. The maximum atomic E-state index is 10.8. The van der Waals surface area contributed by atoms with Crippen molar-refractivity contribution in [3.8, 4) is 0 Å². The summed E-state index contributed by atoms with van der Waals surface area (Å²) in [6.45, 7) is 0.656. The van der Waals surface area contributed by atoms with Crippen molar-refractivity contribution in [2.24, 2.45) is 0 Å². The van der Waals surface area contributed by atoms with Crippen LogP contribution in [0.3, 0.4) is 0 Å². The summed E-state index contributed by atoms with van der Waals surface area (Å²) in [4.78, 5) is 14.9. The van der Waals surface area contributed by atoms with E-state index in [2.05, 4.69) is 15.0 Å². The Balaban J connectivity index is 1.71. The van der Waals surface area contributed by atoms with E-state index in [0.29, 0.717) is 43.0 Å². The van der Waals surface area contributed by atoms with Gasteiger partial charge in [-0.15, -0.1) is 0 Å². The van der Waals surface area contributed by atoms with Crippen LogP contribution in [0.15, 0.2) is 12.7 Å². The number of nitrogens with zero attached hydrogens (tertiary/aromatic N) is 5. The summed E-state index contributed by atoms with van der Waals surface area (Å²) < 4.78 is 25.1. The van der Waals surface area contributed by atoms with Gasteiger partial charge < -0.3 is 34.1 Å². The quantitative estimate of drug-likeness (QED) is 0.614. The lowest BCUT2D eigenvalue weighted by Gasteiger charge is -2.39. The number of hydrogen-bond donors (Lipinski definition) is 2. The zero-order valence-corrected chi connectivity index (χ0v) is 16.8. The summed E-state index contributed by atoms with van der Waals surface area (Å²) in [6, 6.07) is 0. The highest BCUT2D eigenvalue weighted by molar-refractivity contribution is 5.83. The van der Waals surface area contributed by atoms with Crippen LogP contribution in [0.1, 0.15) is 19.1 Å². The fourth-order valence-corrected chi connectivity index (χ4v) is 3.87. The van der Waals surface area contributed by atoms with E-state index in [-0.39, 0.29) is 6.61 Å². The summed E-state index contributed by atoms with van der Waals surface area (Å²) in [5.41, 5.74) is 1.15. The number of aromatic nitrogens is 4. The highest BCUT2D eigenvalue weighted by Gasteiger charge is 2.50. The molecule has 2 aliphatic heterocycles. The van der Waals surface area contributed by atoms with Crippen LogP contribution in [0.5, 0.6) is 0 Å². The molecule has 4 unspecified atom stereocenters. The van der Waals surface area contributed by atoms with Crippen LogP contribution in [0.2, 0.25) is 0 Å². The number of aliphatic hydroxyl groups excluding tert-OH is 2. The van der Waals surface area contributed by atoms with Gasteiger partial charge in [0.25, 0.3) is 0 Å². The van der Waals surface area contributed by atoms with Gasteiger partial charge in [-0.1, -0.05) is 0 Å². The van der Waals surface area contributed by atoms with Gasteiger partial charge in [0.15, 0.2) is 29.0 Å². The summed E-state index contributed by atoms with van der Waals surface area (Å²) in [5.74, 6) is -0.225. The average molecular weight is 409 g/mol. The summed E-state index contributed by atoms with van der Waals surface area (Å²) in [6.07, 6.45) is 0.715. The Morgan fingerprint density at radius 1 is 1.28 bits per heavy atom. The molecule has 4 rings (SSSR count). The van der Waals surface area contributed by atoms with Gasteiger partial charge >= 0.3 is 0 Å². The molecule has 2 aliphatic rings. The monoisotopic (exact) mass is 409 g/mol. The van der Waals surface area contributed by atoms with Crippen molar-refractivity contribution >= 4 is 17.0 Å². The molecule has 0 bridgehead atoms. The molecule has 11 heteroatoms. The molecular formula is C18H27N5O6. The van der Waals surface area contributed by atoms with Crippen molar-refractivity contribution in [3.05, 3.63) is 12.7 Å². The van der Waals surface area contributed by atoms with Gasteiger partial charge in [-0.05, 0) is 0 Å². The molecule has 29 heavy (non-hydrogen) atoms. The van der Waals surface area contributed by atoms with E-state index in [1.165, 1.54) is 6.33 Å². The third-order valence-electron chi connectivity index (χ3n) is 5.51. The number of methoxy groups -OCH3 is 1. The van der Waals surface area contributed by atoms with Crippen molar-refractivity contribution in [3.63, 3.8) is 0 Å². The molecule has 2 saturated heterocycles. The van der Waals surface area contributed by atoms with Gasteiger partial charge in [-0.25, -0.2) is 15.0 Å². The van der Waals surface area contributed by atoms with E-state index >= 15 is 0 Å². The van der Waals surface area contributed by atoms with Crippen molar-refractivity contribution in [1.29, 1.82) is 0 Å². The molecule has 2 fully saturated rings. The first-order valence-electron chi connectivity index (χ1n) is 9.59. The second-order valence-electron chi connectivity index (χ2n) is 7.46. The van der Waals surface area contributed by atoms with Crippen LogP contribution in [-0.4, -0.2) is 94.9 Å². The van der Waals surface area contributed by atoms with E-state index in [4.69, 9.17) is 18.9 Å². The number of aliphatic hydroxyl groups is 2. The lowest BCUT2D eigenvalue weighted by atomic mass is 10.1. The molecule has 11 nitrogen and oxygen atoms in total. The molecule has 0 radical (unpaired) electrons. The summed E-state index contributed by atoms with van der Waals surface area (Å²) in [7, 11) is 5.32. The van der Waals surface area contributed by atoms with Crippen LogP contribution < -0.4 is 4.90 Å². The largest absolute Gasteiger partial charge is 0.394 e. The molecule has 2 aromatic rings. The molecule has 2 N–H and O–H groups in total. The number of ether oxygens (including phenoxy) is 4. The van der Waals surface area contributed by atoms with Crippen molar-refractivity contribution in [1.82, 2.24) is 19.5 Å². The van der Waals surface area contributed by atoms with Crippen LogP contribution in [-0.2, 0) is 18.9 Å². The zero-order valence-electron chi connectivity index (χ0n) is 16.8. The fraction of sp³-hybridized carbons (Fsp3) is 0.722. The van der Waals surface area contributed by atoms with E-state index in [1.54, 1.807) is 18.0 Å². The number of anilines is 1. The molecule has 160 valence electrons. The Labute approximate surface area is 168 Å². The summed E-state index contributed by atoms with van der Waals surface area (Å²) >= 11 is 0. The Hall–Kier alpha value is -1.89. The average Bonchev–Trinajstić information content (AvgIpc) is 3.29. The predicted molar refractivity (Wildman–Crippen MR) is 101 cm³/mol. The highest BCUT2D eigenvalue weighted by atomic mass is 16.7. The first-order valence-corrected chi connectivity index (χ1v) is 9.59. The van der Waals surface area contributed by atoms with Crippen LogP contribution >= 0.6 is 0 Å². The standard InChI is InChI=1S/C18H27N5O6/c1-22(2)15-12-16(20-9-19-15)23(10-21-12)17-14(13(25)11(8-24)28-17)29-18(26-3)4-6-27-7-5-18/h9-11,13-14,17,24-25H,4-8H2,1-3H3. The van der Waals surface area contributed by atoms with Gasteiger partial charge in [-0.3, -0.25) is 4.57 Å². The van der Waals surface area contributed by atoms with Crippen molar-refractivity contribution < 1.29 is 29.2 Å². The van der Waals surface area contributed by atoms with Crippen LogP contribution in [0.25, 0.3) is 11.2 Å². The second-order valence-corrected chi connectivity index (χ2v) is 7.46.